The van der Waals surface area contributed by atoms with Gasteiger partial charge in [0.2, 0.25) is 11.6 Å². The van der Waals surface area contributed by atoms with Crippen LogP contribution in [0.1, 0.15) is 17.3 Å². The van der Waals surface area contributed by atoms with E-state index in [9.17, 15) is 4.79 Å². The highest BCUT2D eigenvalue weighted by molar-refractivity contribution is 8.00. The zero-order chi connectivity index (χ0) is 21.0. The summed E-state index contributed by atoms with van der Waals surface area (Å²) in [7, 11) is 4.58. The Bertz CT molecular complexity index is 981. The summed E-state index contributed by atoms with van der Waals surface area (Å²) < 4.78 is 21.7. The van der Waals surface area contributed by atoms with Gasteiger partial charge in [-0.25, -0.2) is 0 Å². The fourth-order valence-electron chi connectivity index (χ4n) is 2.63. The fourth-order valence-corrected chi connectivity index (χ4v) is 3.52. The average molecular weight is 435 g/mol. The average Bonchev–Trinajstić information content (AvgIpc) is 3.21. The van der Waals surface area contributed by atoms with Crippen molar-refractivity contribution in [3.63, 3.8) is 0 Å². The lowest BCUT2D eigenvalue weighted by molar-refractivity contribution is 0.0993. The molecule has 0 amide bonds. The highest BCUT2D eigenvalue weighted by Crippen LogP contribution is 2.41. The molecule has 7 nitrogen and oxygen atoms in total. The summed E-state index contributed by atoms with van der Waals surface area (Å²) in [6, 6.07) is 10.2. The lowest BCUT2D eigenvalue weighted by Crippen LogP contribution is -2.13. The van der Waals surface area contributed by atoms with Gasteiger partial charge < -0.3 is 18.6 Å². The Hall–Kier alpha value is -2.71. The van der Waals surface area contributed by atoms with E-state index in [1.807, 2.05) is 0 Å². The lowest BCUT2D eigenvalue weighted by atomic mass is 10.1. The summed E-state index contributed by atoms with van der Waals surface area (Å²) in [5.41, 5.74) is 1.18. The van der Waals surface area contributed by atoms with Gasteiger partial charge in [-0.15, -0.1) is 10.2 Å². The molecule has 0 saturated heterocycles. The molecular weight excluding hydrogens is 416 g/mol. The van der Waals surface area contributed by atoms with Gasteiger partial charge >= 0.3 is 0 Å². The molecule has 3 rings (SSSR count). The molecule has 1 atom stereocenters. The van der Waals surface area contributed by atoms with E-state index in [1.54, 1.807) is 43.3 Å². The number of nitrogens with zero attached hydrogens (tertiary/aromatic N) is 2. The van der Waals surface area contributed by atoms with Gasteiger partial charge in [-0.2, -0.15) is 0 Å². The molecule has 0 saturated carbocycles. The maximum absolute atomic E-state index is 12.6. The molecule has 0 radical (unpaired) electrons. The molecule has 1 aromatic heterocycles. The summed E-state index contributed by atoms with van der Waals surface area (Å²) >= 11 is 7.06. The fraction of sp³-hybridized carbons (Fsp3) is 0.250. The molecule has 29 heavy (non-hydrogen) atoms. The maximum Gasteiger partial charge on any atom is 0.277 e. The van der Waals surface area contributed by atoms with Gasteiger partial charge in [0.25, 0.3) is 5.22 Å². The predicted octanol–water partition coefficient (Wildman–Crippen LogP) is 4.78. The number of hydrogen-bond acceptors (Lipinski definition) is 8. The van der Waals surface area contributed by atoms with Gasteiger partial charge in [-0.1, -0.05) is 23.4 Å². The third-order valence-electron chi connectivity index (χ3n) is 4.09. The van der Waals surface area contributed by atoms with Crippen molar-refractivity contribution in [1.82, 2.24) is 10.2 Å². The van der Waals surface area contributed by atoms with E-state index in [-0.39, 0.29) is 16.9 Å². The zero-order valence-electron chi connectivity index (χ0n) is 16.3. The number of thioether (sulfide) groups is 1. The van der Waals surface area contributed by atoms with Crippen molar-refractivity contribution in [1.29, 1.82) is 0 Å². The van der Waals surface area contributed by atoms with E-state index in [0.717, 1.165) is 0 Å². The number of carbonyl (C=O) groups excluding carboxylic acids is 1. The summed E-state index contributed by atoms with van der Waals surface area (Å²) in [6.07, 6.45) is 0. The number of benzene rings is 2. The molecule has 1 unspecified atom stereocenters. The second-order valence-electron chi connectivity index (χ2n) is 5.92. The molecule has 0 spiro atoms. The largest absolute Gasteiger partial charge is 0.493 e. The molecular formula is C20H19ClN2O5S. The Morgan fingerprint density at radius 3 is 2.21 bits per heavy atom. The van der Waals surface area contributed by atoms with Crippen molar-refractivity contribution in [2.24, 2.45) is 0 Å². The van der Waals surface area contributed by atoms with Crippen molar-refractivity contribution in [2.45, 2.75) is 17.4 Å². The Morgan fingerprint density at radius 1 is 1.03 bits per heavy atom. The first-order valence-corrected chi connectivity index (χ1v) is 9.83. The molecule has 0 aliphatic carbocycles. The first kappa shape index (κ1) is 21.0. The Morgan fingerprint density at radius 2 is 1.66 bits per heavy atom. The molecule has 0 N–H and O–H groups in total. The summed E-state index contributed by atoms with van der Waals surface area (Å²) in [4.78, 5) is 12.6. The number of aromatic nitrogens is 2. The SMILES string of the molecule is COc1cc(-c2nnc(SC(C)C(=O)c3ccc(Cl)cc3)o2)cc(OC)c1OC. The molecule has 0 bridgehead atoms. The van der Waals surface area contributed by atoms with Crippen LogP contribution < -0.4 is 14.2 Å². The van der Waals surface area contributed by atoms with Crippen LogP contribution in [0.2, 0.25) is 5.02 Å². The topological polar surface area (TPSA) is 83.7 Å². The van der Waals surface area contributed by atoms with Gasteiger partial charge in [0.1, 0.15) is 0 Å². The Balaban J connectivity index is 1.80. The third kappa shape index (κ3) is 4.65. The Labute approximate surface area is 177 Å². The first-order valence-electron chi connectivity index (χ1n) is 8.57. The number of methoxy groups -OCH3 is 3. The number of carbonyl (C=O) groups is 1. The summed E-state index contributed by atoms with van der Waals surface area (Å²) in [5.74, 6) is 1.63. The molecule has 0 aliphatic heterocycles. The zero-order valence-corrected chi connectivity index (χ0v) is 17.8. The van der Waals surface area contributed by atoms with Crippen molar-refractivity contribution < 1.29 is 23.4 Å². The number of ketones is 1. The molecule has 0 fully saturated rings. The van der Waals surface area contributed by atoms with Gasteiger partial charge in [0, 0.05) is 16.1 Å². The molecule has 2 aromatic carbocycles. The van der Waals surface area contributed by atoms with Crippen LogP contribution in [0.15, 0.2) is 46.0 Å². The van der Waals surface area contributed by atoms with Crippen LogP contribution in [0.4, 0.5) is 0 Å². The molecule has 3 aromatic rings. The number of hydrogen-bond donors (Lipinski definition) is 0. The van der Waals surface area contributed by atoms with E-state index in [1.165, 1.54) is 33.1 Å². The van der Waals surface area contributed by atoms with E-state index in [0.29, 0.717) is 33.4 Å². The number of halogens is 1. The molecule has 152 valence electrons. The lowest BCUT2D eigenvalue weighted by Gasteiger charge is -2.12. The van der Waals surface area contributed by atoms with Crippen molar-refractivity contribution in [3.05, 3.63) is 47.0 Å². The smallest absolute Gasteiger partial charge is 0.277 e. The van der Waals surface area contributed by atoms with E-state index in [2.05, 4.69) is 10.2 Å². The van der Waals surface area contributed by atoms with Crippen molar-refractivity contribution >= 4 is 29.1 Å². The van der Waals surface area contributed by atoms with E-state index < -0.39 is 5.25 Å². The van der Waals surface area contributed by atoms with Gasteiger partial charge in [-0.3, -0.25) is 4.79 Å². The highest BCUT2D eigenvalue weighted by atomic mass is 35.5. The molecule has 1 heterocycles. The summed E-state index contributed by atoms with van der Waals surface area (Å²) in [6.45, 7) is 1.78. The van der Waals surface area contributed by atoms with Crippen LogP contribution in [-0.4, -0.2) is 42.6 Å². The first-order chi connectivity index (χ1) is 14.0. The standard InChI is InChI=1S/C20H19ClN2O5S/c1-11(17(24)12-5-7-14(21)8-6-12)29-20-23-22-19(28-20)13-9-15(25-2)18(27-4)16(10-13)26-3/h5-11H,1-4H3. The quantitative estimate of drug-likeness (QED) is 0.370. The van der Waals surface area contributed by atoms with Gasteiger partial charge in [0.05, 0.1) is 26.6 Å². The normalized spacial score (nSPS) is 11.8. The van der Waals surface area contributed by atoms with Crippen molar-refractivity contribution in [2.75, 3.05) is 21.3 Å². The second kappa shape index (κ2) is 9.19. The van der Waals surface area contributed by atoms with Crippen LogP contribution in [-0.2, 0) is 0 Å². The maximum atomic E-state index is 12.6. The van der Waals surface area contributed by atoms with Crippen LogP contribution >= 0.6 is 23.4 Å². The van der Waals surface area contributed by atoms with Crippen LogP contribution in [0.25, 0.3) is 11.5 Å². The van der Waals surface area contributed by atoms with Crippen LogP contribution in [0, 0.1) is 0 Å². The minimum Gasteiger partial charge on any atom is -0.493 e. The summed E-state index contributed by atoms with van der Waals surface area (Å²) in [5, 5.41) is 8.55. The minimum absolute atomic E-state index is 0.0563. The Kier molecular flexibility index (Phi) is 6.66. The number of rotatable bonds is 8. The number of Topliss-reactive ketones (excluding diaryl/α,β-unsaturated/α-hetero) is 1. The third-order valence-corrected chi connectivity index (χ3v) is 5.28. The minimum atomic E-state index is -0.413. The monoisotopic (exact) mass is 434 g/mol. The molecule has 9 heteroatoms. The van der Waals surface area contributed by atoms with Crippen molar-refractivity contribution in [3.8, 4) is 28.7 Å². The van der Waals surface area contributed by atoms with E-state index in [4.69, 9.17) is 30.2 Å². The molecule has 0 aliphatic rings. The predicted molar refractivity (Wildman–Crippen MR) is 110 cm³/mol. The van der Waals surface area contributed by atoms with Gasteiger partial charge in [0.15, 0.2) is 17.3 Å². The van der Waals surface area contributed by atoms with Crippen LogP contribution in [0.5, 0.6) is 17.2 Å². The number of ether oxygens (including phenoxy) is 3. The second-order valence-corrected chi connectivity index (χ2v) is 7.65. The van der Waals surface area contributed by atoms with Crippen LogP contribution in [0.3, 0.4) is 0 Å². The highest BCUT2D eigenvalue weighted by Gasteiger charge is 2.21. The van der Waals surface area contributed by atoms with Gasteiger partial charge in [-0.05, 0) is 43.3 Å². The van der Waals surface area contributed by atoms with E-state index >= 15 is 0 Å².